The minimum absolute atomic E-state index is 0.175. The normalized spacial score (nSPS) is 34.2. The Hall–Kier alpha value is -1.94. The van der Waals surface area contributed by atoms with Gasteiger partial charge in [0.2, 0.25) is 11.8 Å². The molecule has 1 spiro atoms. The third-order valence-electron chi connectivity index (χ3n) is 12.3. The number of benzene rings is 1. The van der Waals surface area contributed by atoms with Crippen LogP contribution in [0, 0.1) is 10.8 Å². The van der Waals surface area contributed by atoms with Crippen molar-refractivity contribution < 1.29 is 23.6 Å². The maximum Gasteiger partial charge on any atom is 0.494 e. The van der Waals surface area contributed by atoms with E-state index in [0.29, 0.717) is 50.6 Å². The number of rotatable bonds is 4. The summed E-state index contributed by atoms with van der Waals surface area (Å²) in [6.45, 7) is 19.7. The number of carbonyl (C=O) groups is 2. The average molecular weight is 592 g/mol. The highest BCUT2D eigenvalue weighted by Crippen LogP contribution is 2.52. The van der Waals surface area contributed by atoms with Gasteiger partial charge in [-0.2, -0.15) is 0 Å². The van der Waals surface area contributed by atoms with Crippen LogP contribution in [0.2, 0.25) is 0 Å². The van der Waals surface area contributed by atoms with E-state index in [0.717, 1.165) is 49.1 Å². The molecule has 9 heteroatoms. The number of piperidine rings is 1. The van der Waals surface area contributed by atoms with E-state index in [2.05, 4.69) is 69.5 Å². The van der Waals surface area contributed by atoms with E-state index >= 15 is 0 Å². The fourth-order valence-corrected chi connectivity index (χ4v) is 8.42. The van der Waals surface area contributed by atoms with Crippen molar-refractivity contribution in [3.63, 3.8) is 0 Å². The molecule has 0 radical (unpaired) electrons. The van der Waals surface area contributed by atoms with Crippen molar-refractivity contribution in [3.05, 3.63) is 23.8 Å². The third-order valence-corrected chi connectivity index (χ3v) is 12.3. The minimum atomic E-state index is -0.589. The molecule has 1 atom stereocenters. The first kappa shape index (κ1) is 29.8. The first-order chi connectivity index (χ1) is 20.1. The molecule has 5 heterocycles. The van der Waals surface area contributed by atoms with Crippen LogP contribution in [-0.4, -0.2) is 91.4 Å². The number of hydrogen-bond acceptors (Lipinski definition) is 6. The summed E-state index contributed by atoms with van der Waals surface area (Å²) in [6.07, 6.45) is 5.35. The topological polar surface area (TPSA) is 71.6 Å². The van der Waals surface area contributed by atoms with Crippen LogP contribution in [0.5, 0.6) is 0 Å². The third kappa shape index (κ3) is 4.62. The van der Waals surface area contributed by atoms with Crippen molar-refractivity contribution >= 4 is 30.1 Å². The summed E-state index contributed by atoms with van der Waals surface area (Å²) in [4.78, 5) is 34.9. The summed E-state index contributed by atoms with van der Waals surface area (Å²) in [5.41, 5.74) is 1.58. The molecule has 234 valence electrons. The van der Waals surface area contributed by atoms with Gasteiger partial charge < -0.3 is 23.8 Å². The Morgan fingerprint density at radius 3 is 2.14 bits per heavy atom. The summed E-state index contributed by atoms with van der Waals surface area (Å²) >= 11 is 0. The number of nitrogens with zero attached hydrogens (tertiary/aromatic N) is 3. The van der Waals surface area contributed by atoms with Crippen molar-refractivity contribution in [1.29, 1.82) is 0 Å². The lowest BCUT2D eigenvalue weighted by Gasteiger charge is -2.47. The maximum absolute atomic E-state index is 14.7. The van der Waals surface area contributed by atoms with Crippen LogP contribution >= 0.6 is 0 Å². The Morgan fingerprint density at radius 2 is 1.56 bits per heavy atom. The maximum atomic E-state index is 14.7. The summed E-state index contributed by atoms with van der Waals surface area (Å²) in [6, 6.07) is 7.17. The average Bonchev–Trinajstić information content (AvgIpc) is 3.63. The molecule has 43 heavy (non-hydrogen) atoms. The molecule has 2 amide bonds. The van der Waals surface area contributed by atoms with Crippen molar-refractivity contribution in [1.82, 2.24) is 9.80 Å². The molecule has 1 unspecified atom stereocenters. The molecule has 5 fully saturated rings. The van der Waals surface area contributed by atoms with Crippen molar-refractivity contribution in [2.45, 2.75) is 116 Å². The smallest absolute Gasteiger partial charge is 0.399 e. The highest BCUT2D eigenvalue weighted by atomic mass is 16.7. The molecule has 5 aliphatic heterocycles. The van der Waals surface area contributed by atoms with Crippen molar-refractivity contribution in [2.24, 2.45) is 10.8 Å². The largest absolute Gasteiger partial charge is 0.494 e. The fourth-order valence-electron chi connectivity index (χ4n) is 8.42. The Bertz CT molecular complexity index is 1290. The molecule has 0 N–H and O–H groups in total. The van der Waals surface area contributed by atoms with E-state index in [9.17, 15) is 9.59 Å². The van der Waals surface area contributed by atoms with Gasteiger partial charge in [0.05, 0.1) is 28.6 Å². The highest BCUT2D eigenvalue weighted by Gasteiger charge is 2.58. The highest BCUT2D eigenvalue weighted by molar-refractivity contribution is 6.62. The molecule has 1 aromatic rings. The summed E-state index contributed by atoms with van der Waals surface area (Å²) in [5, 5.41) is 0. The molecular formula is C34H50BN3O5. The molecule has 1 saturated carbocycles. The second-order valence-electron chi connectivity index (χ2n) is 16.4. The molecular weight excluding hydrogens is 541 g/mol. The van der Waals surface area contributed by atoms with E-state index in [-0.39, 0.29) is 17.9 Å². The second kappa shape index (κ2) is 9.78. The first-order valence-electron chi connectivity index (χ1n) is 16.6. The van der Waals surface area contributed by atoms with Gasteiger partial charge in [0.15, 0.2) is 0 Å². The zero-order chi connectivity index (χ0) is 30.6. The van der Waals surface area contributed by atoms with Gasteiger partial charge in [-0.3, -0.25) is 14.5 Å². The number of fused-ring (bicyclic) bond motifs is 2. The van der Waals surface area contributed by atoms with Gasteiger partial charge >= 0.3 is 7.12 Å². The van der Waals surface area contributed by atoms with Crippen LogP contribution in [0.15, 0.2) is 18.2 Å². The zero-order valence-electron chi connectivity index (χ0n) is 27.3. The van der Waals surface area contributed by atoms with Gasteiger partial charge in [0.1, 0.15) is 0 Å². The van der Waals surface area contributed by atoms with Gasteiger partial charge in [0.25, 0.3) is 0 Å². The van der Waals surface area contributed by atoms with Crippen molar-refractivity contribution in [2.75, 3.05) is 44.3 Å². The van der Waals surface area contributed by atoms with Gasteiger partial charge in [-0.15, -0.1) is 0 Å². The van der Waals surface area contributed by atoms with Gasteiger partial charge in [0, 0.05) is 44.0 Å². The summed E-state index contributed by atoms with van der Waals surface area (Å²) < 4.78 is 18.4. The van der Waals surface area contributed by atoms with Gasteiger partial charge in [-0.05, 0) is 102 Å². The number of anilines is 1. The Kier molecular flexibility index (Phi) is 6.77. The molecule has 7 rings (SSSR count). The predicted octanol–water partition coefficient (Wildman–Crippen LogP) is 3.88. The van der Waals surface area contributed by atoms with Gasteiger partial charge in [-0.25, -0.2) is 0 Å². The zero-order valence-corrected chi connectivity index (χ0v) is 27.3. The Morgan fingerprint density at radius 1 is 0.884 bits per heavy atom. The van der Waals surface area contributed by atoms with Crippen molar-refractivity contribution in [3.8, 4) is 0 Å². The molecule has 0 aromatic heterocycles. The number of hydrogen-bond donors (Lipinski definition) is 0. The fraction of sp³-hybridized carbons (Fsp3) is 0.765. The Labute approximate surface area is 257 Å². The lowest BCUT2D eigenvalue weighted by atomic mass is 9.71. The molecule has 1 aliphatic carbocycles. The van der Waals surface area contributed by atoms with Crippen LogP contribution in [0.1, 0.15) is 92.6 Å². The quantitative estimate of drug-likeness (QED) is 0.496. The number of likely N-dealkylation sites (tertiary alicyclic amines) is 2. The standard InChI is InChI=1S/C34H50BN3O5/c1-30(2)10-14-37(21-30)24-19-25(20-24)38-27-18-23(35-42-31(3,4)32(5,6)43-35)8-9-26(27)34(29(38)40)11-15-36(16-12-34)28(39)33(7)13-17-41-22-33/h8-9,18,24-25H,10-17,19-22H2,1-7H3/t24-,25+,33?. The molecule has 4 saturated heterocycles. The van der Waals surface area contributed by atoms with Crippen LogP contribution in [0.25, 0.3) is 0 Å². The van der Waals surface area contributed by atoms with E-state index in [1.165, 1.54) is 6.42 Å². The van der Waals surface area contributed by atoms with E-state index in [4.69, 9.17) is 14.0 Å². The summed E-state index contributed by atoms with van der Waals surface area (Å²) in [5.74, 6) is 0.398. The van der Waals surface area contributed by atoms with Gasteiger partial charge in [-0.1, -0.05) is 26.0 Å². The SMILES string of the molecule is CC1(C)CCN([C@H]2C[C@@H](N3C(=O)C4(CCN(C(=O)C5(C)CCOC5)CC4)c4ccc(B5OC(C)(C)C(C)(C)O5)cc43)C2)C1. The minimum Gasteiger partial charge on any atom is -0.399 e. The first-order valence-corrected chi connectivity index (χ1v) is 16.6. The molecule has 6 aliphatic rings. The molecule has 0 bridgehead atoms. The van der Waals surface area contributed by atoms with E-state index in [1.54, 1.807) is 0 Å². The summed E-state index contributed by atoms with van der Waals surface area (Å²) in [7, 11) is -0.474. The second-order valence-corrected chi connectivity index (χ2v) is 16.4. The van der Waals surface area contributed by atoms with Crippen LogP contribution in [-0.2, 0) is 29.0 Å². The molecule has 1 aromatic carbocycles. The van der Waals surface area contributed by atoms with Crippen LogP contribution in [0.4, 0.5) is 5.69 Å². The van der Waals surface area contributed by atoms with Crippen LogP contribution < -0.4 is 10.4 Å². The predicted molar refractivity (Wildman–Crippen MR) is 167 cm³/mol. The number of ether oxygens (including phenoxy) is 1. The number of carbonyl (C=O) groups excluding carboxylic acids is 2. The monoisotopic (exact) mass is 591 g/mol. The van der Waals surface area contributed by atoms with E-state index in [1.807, 2.05) is 11.8 Å². The Balaban J connectivity index is 1.16. The van der Waals surface area contributed by atoms with E-state index < -0.39 is 29.2 Å². The lowest BCUT2D eigenvalue weighted by Crippen LogP contribution is -2.58. The molecule has 8 nitrogen and oxygen atoms in total. The van der Waals surface area contributed by atoms with Crippen LogP contribution in [0.3, 0.4) is 0 Å². The lowest BCUT2D eigenvalue weighted by molar-refractivity contribution is -0.144. The number of amides is 2.